The molecule has 1 amide bonds. The zero-order valence-corrected chi connectivity index (χ0v) is 13.8. The van der Waals surface area contributed by atoms with Crippen molar-refractivity contribution in [2.45, 2.75) is 44.2 Å². The standard InChI is InChI=1S/C16H19N3O3S/c1-10-17-16(22-18-10)11-7-14-13(4-5-21-14)19(9-11)15(20)8-12-3-2-6-23-12/h2-3,6,11,13-14H,4-5,7-9H2,1H3/t11-,13-,14-/m1/s1. The first kappa shape index (κ1) is 14.8. The van der Waals surface area contributed by atoms with Gasteiger partial charge in [-0.05, 0) is 31.2 Å². The normalized spacial score (nSPS) is 27.2. The second kappa shape index (κ2) is 6.05. The van der Waals surface area contributed by atoms with Gasteiger partial charge in [-0.15, -0.1) is 11.3 Å². The number of likely N-dealkylation sites (tertiary alicyclic amines) is 1. The van der Waals surface area contributed by atoms with Crippen LogP contribution in [0.5, 0.6) is 0 Å². The molecule has 0 aliphatic carbocycles. The Morgan fingerprint density at radius 2 is 2.43 bits per heavy atom. The van der Waals surface area contributed by atoms with Crippen LogP contribution in [-0.2, 0) is 16.0 Å². The summed E-state index contributed by atoms with van der Waals surface area (Å²) in [5.41, 5.74) is 0. The number of carbonyl (C=O) groups excluding carboxylic acids is 1. The molecular weight excluding hydrogens is 314 g/mol. The molecule has 0 bridgehead atoms. The van der Waals surface area contributed by atoms with Crippen LogP contribution in [0.2, 0.25) is 0 Å². The molecule has 0 spiro atoms. The van der Waals surface area contributed by atoms with Crippen molar-refractivity contribution in [3.8, 4) is 0 Å². The molecule has 0 N–H and O–H groups in total. The van der Waals surface area contributed by atoms with Crippen molar-refractivity contribution in [1.29, 1.82) is 0 Å². The van der Waals surface area contributed by atoms with E-state index in [1.165, 1.54) is 0 Å². The second-order valence-electron chi connectivity index (χ2n) is 6.18. The molecule has 0 unspecified atom stereocenters. The highest BCUT2D eigenvalue weighted by atomic mass is 32.1. The predicted octanol–water partition coefficient (Wildman–Crippen LogP) is 2.16. The van der Waals surface area contributed by atoms with Gasteiger partial charge in [0.1, 0.15) is 0 Å². The average Bonchev–Trinajstić information content (AvgIpc) is 3.26. The van der Waals surface area contributed by atoms with Gasteiger partial charge in [0.25, 0.3) is 0 Å². The molecule has 2 saturated heterocycles. The fourth-order valence-electron chi connectivity index (χ4n) is 3.55. The Balaban J connectivity index is 1.54. The number of ether oxygens (including phenoxy) is 1. The van der Waals surface area contributed by atoms with Crippen molar-refractivity contribution in [3.05, 3.63) is 34.1 Å². The van der Waals surface area contributed by atoms with Gasteiger partial charge in [-0.1, -0.05) is 11.2 Å². The lowest BCUT2D eigenvalue weighted by Gasteiger charge is -2.39. The van der Waals surface area contributed by atoms with Gasteiger partial charge in [0.2, 0.25) is 11.8 Å². The molecule has 2 aromatic heterocycles. The van der Waals surface area contributed by atoms with Crippen molar-refractivity contribution >= 4 is 17.2 Å². The Hall–Kier alpha value is -1.73. The summed E-state index contributed by atoms with van der Waals surface area (Å²) in [7, 11) is 0. The van der Waals surface area contributed by atoms with Gasteiger partial charge in [-0.2, -0.15) is 4.98 Å². The fraction of sp³-hybridized carbons (Fsp3) is 0.562. The predicted molar refractivity (Wildman–Crippen MR) is 84.3 cm³/mol. The SMILES string of the molecule is Cc1noc([C@@H]2C[C@H]3OCC[C@H]3N(C(=O)Cc3cccs3)C2)n1. The van der Waals surface area contributed by atoms with E-state index >= 15 is 0 Å². The number of rotatable bonds is 3. The van der Waals surface area contributed by atoms with E-state index < -0.39 is 0 Å². The molecule has 4 rings (SSSR count). The van der Waals surface area contributed by atoms with Crippen LogP contribution in [0.3, 0.4) is 0 Å². The van der Waals surface area contributed by atoms with Crippen LogP contribution < -0.4 is 0 Å². The largest absolute Gasteiger partial charge is 0.376 e. The van der Waals surface area contributed by atoms with Crippen LogP contribution in [0, 0.1) is 6.92 Å². The van der Waals surface area contributed by atoms with E-state index in [1.54, 1.807) is 11.3 Å². The molecule has 2 aliphatic rings. The Morgan fingerprint density at radius 3 is 3.17 bits per heavy atom. The van der Waals surface area contributed by atoms with Crippen molar-refractivity contribution in [2.24, 2.45) is 0 Å². The van der Waals surface area contributed by atoms with E-state index in [-0.39, 0.29) is 24.0 Å². The average molecular weight is 333 g/mol. The lowest BCUT2D eigenvalue weighted by Crippen LogP contribution is -2.51. The molecule has 23 heavy (non-hydrogen) atoms. The van der Waals surface area contributed by atoms with Crippen molar-refractivity contribution < 1.29 is 14.1 Å². The topological polar surface area (TPSA) is 68.5 Å². The lowest BCUT2D eigenvalue weighted by molar-refractivity contribution is -0.136. The summed E-state index contributed by atoms with van der Waals surface area (Å²) in [6, 6.07) is 4.17. The van der Waals surface area contributed by atoms with Gasteiger partial charge in [-0.3, -0.25) is 4.79 Å². The van der Waals surface area contributed by atoms with Crippen LogP contribution >= 0.6 is 11.3 Å². The van der Waals surface area contributed by atoms with E-state index in [0.29, 0.717) is 31.3 Å². The van der Waals surface area contributed by atoms with Gasteiger partial charge in [0.15, 0.2) is 5.82 Å². The van der Waals surface area contributed by atoms with Crippen molar-refractivity contribution in [2.75, 3.05) is 13.2 Å². The van der Waals surface area contributed by atoms with Crippen LogP contribution in [-0.4, -0.2) is 46.2 Å². The van der Waals surface area contributed by atoms with Crippen LogP contribution in [0.1, 0.15) is 35.4 Å². The van der Waals surface area contributed by atoms with Crippen LogP contribution in [0.15, 0.2) is 22.0 Å². The summed E-state index contributed by atoms with van der Waals surface area (Å²) in [5.74, 6) is 1.47. The summed E-state index contributed by atoms with van der Waals surface area (Å²) in [5, 5.41) is 5.88. The van der Waals surface area contributed by atoms with E-state index in [9.17, 15) is 4.79 Å². The summed E-state index contributed by atoms with van der Waals surface area (Å²) in [6.07, 6.45) is 2.29. The second-order valence-corrected chi connectivity index (χ2v) is 7.21. The van der Waals surface area contributed by atoms with Crippen molar-refractivity contribution in [1.82, 2.24) is 15.0 Å². The number of thiophene rings is 1. The molecule has 2 aromatic rings. The number of hydrogen-bond donors (Lipinski definition) is 0. The Morgan fingerprint density at radius 1 is 1.52 bits per heavy atom. The Labute approximate surface area is 138 Å². The first-order valence-corrected chi connectivity index (χ1v) is 8.82. The number of nitrogens with zero attached hydrogens (tertiary/aromatic N) is 3. The smallest absolute Gasteiger partial charge is 0.231 e. The van der Waals surface area contributed by atoms with Gasteiger partial charge < -0.3 is 14.2 Å². The number of aromatic nitrogens is 2. The number of hydrogen-bond acceptors (Lipinski definition) is 6. The third-order valence-electron chi connectivity index (χ3n) is 4.63. The first-order valence-electron chi connectivity index (χ1n) is 7.94. The fourth-order valence-corrected chi connectivity index (χ4v) is 4.25. The monoisotopic (exact) mass is 333 g/mol. The Kier molecular flexibility index (Phi) is 3.90. The summed E-state index contributed by atoms with van der Waals surface area (Å²) >= 11 is 1.62. The molecule has 6 nitrogen and oxygen atoms in total. The lowest BCUT2D eigenvalue weighted by atomic mass is 9.89. The number of amides is 1. The molecule has 2 fully saturated rings. The number of carbonyl (C=O) groups is 1. The zero-order chi connectivity index (χ0) is 15.8. The maximum atomic E-state index is 12.8. The first-order chi connectivity index (χ1) is 11.2. The van der Waals surface area contributed by atoms with E-state index in [1.807, 2.05) is 29.3 Å². The maximum Gasteiger partial charge on any atom is 0.231 e. The van der Waals surface area contributed by atoms with E-state index in [0.717, 1.165) is 17.7 Å². The van der Waals surface area contributed by atoms with Crippen LogP contribution in [0.4, 0.5) is 0 Å². The minimum atomic E-state index is 0.0582. The van der Waals surface area contributed by atoms with E-state index in [2.05, 4.69) is 10.1 Å². The van der Waals surface area contributed by atoms with Gasteiger partial charge in [0.05, 0.1) is 24.5 Å². The highest BCUT2D eigenvalue weighted by molar-refractivity contribution is 7.10. The number of aryl methyl sites for hydroxylation is 1. The molecule has 0 saturated carbocycles. The van der Waals surface area contributed by atoms with Gasteiger partial charge in [0, 0.05) is 18.0 Å². The van der Waals surface area contributed by atoms with E-state index in [4.69, 9.17) is 9.26 Å². The molecule has 7 heteroatoms. The van der Waals surface area contributed by atoms with Crippen molar-refractivity contribution in [3.63, 3.8) is 0 Å². The highest BCUT2D eigenvalue weighted by Gasteiger charge is 2.43. The minimum absolute atomic E-state index is 0.0582. The molecule has 0 radical (unpaired) electrons. The van der Waals surface area contributed by atoms with Crippen LogP contribution in [0.25, 0.3) is 0 Å². The molecule has 2 aliphatic heterocycles. The molecule has 4 heterocycles. The summed E-state index contributed by atoms with van der Waals surface area (Å²) < 4.78 is 11.2. The summed E-state index contributed by atoms with van der Waals surface area (Å²) in [6.45, 7) is 3.16. The Bertz CT molecular complexity index is 685. The third kappa shape index (κ3) is 2.90. The van der Waals surface area contributed by atoms with Gasteiger partial charge >= 0.3 is 0 Å². The number of piperidine rings is 1. The zero-order valence-electron chi connectivity index (χ0n) is 13.0. The number of fused-ring (bicyclic) bond motifs is 1. The highest BCUT2D eigenvalue weighted by Crippen LogP contribution is 2.36. The molecule has 0 aromatic carbocycles. The molecule has 122 valence electrons. The third-order valence-corrected chi connectivity index (χ3v) is 5.50. The molecular formula is C16H19N3O3S. The minimum Gasteiger partial charge on any atom is -0.376 e. The summed E-state index contributed by atoms with van der Waals surface area (Å²) in [4.78, 5) is 20.2. The van der Waals surface area contributed by atoms with Gasteiger partial charge in [-0.25, -0.2) is 0 Å². The quantitative estimate of drug-likeness (QED) is 0.861. The maximum absolute atomic E-state index is 12.8. The molecule has 3 atom stereocenters.